The molecule has 0 atom stereocenters. The van der Waals surface area contributed by atoms with E-state index in [4.69, 9.17) is 16.9 Å². The number of carbonyl (C=O) groups excluding carboxylic acids is 1. The predicted octanol–water partition coefficient (Wildman–Crippen LogP) is 0.357. The van der Waals surface area contributed by atoms with Crippen molar-refractivity contribution in [2.75, 3.05) is 0 Å². The van der Waals surface area contributed by atoms with Gasteiger partial charge in [-0.15, -0.1) is 0 Å². The zero-order valence-corrected chi connectivity index (χ0v) is 11.3. The highest BCUT2D eigenvalue weighted by Crippen LogP contribution is 2.32. The quantitative estimate of drug-likeness (QED) is 0.302. The lowest BCUT2D eigenvalue weighted by Gasteiger charge is -2.09. The smallest absolute Gasteiger partial charge is 0.370 e. The third kappa shape index (κ3) is 8.19. The lowest BCUT2D eigenvalue weighted by Crippen LogP contribution is -2.23. The summed E-state index contributed by atoms with van der Waals surface area (Å²) in [4.78, 5) is 14.2. The Morgan fingerprint density at radius 2 is 1.64 bits per heavy atom. The Morgan fingerprint density at radius 3 is 2.09 bits per heavy atom. The number of halogens is 3. The topological polar surface area (TPSA) is 157 Å². The average Bonchev–Trinajstić information content (AvgIpc) is 2.34. The molecule has 0 aliphatic carbocycles. The van der Waals surface area contributed by atoms with Crippen molar-refractivity contribution in [1.82, 2.24) is 0 Å². The minimum atomic E-state index is -4.49. The van der Waals surface area contributed by atoms with Crippen LogP contribution in [0.3, 0.4) is 0 Å². The van der Waals surface area contributed by atoms with Gasteiger partial charge in [0, 0.05) is 6.08 Å². The van der Waals surface area contributed by atoms with Crippen molar-refractivity contribution in [3.63, 3.8) is 0 Å². The third-order valence-corrected chi connectivity index (χ3v) is 1.91. The van der Waals surface area contributed by atoms with Gasteiger partial charge in [0.05, 0.1) is 5.56 Å². The zero-order valence-electron chi connectivity index (χ0n) is 11.3. The molecule has 1 rings (SSSR count). The van der Waals surface area contributed by atoms with Crippen LogP contribution >= 0.6 is 0 Å². The van der Waals surface area contributed by atoms with Crippen LogP contribution in [0, 0.1) is 5.41 Å². The molecule has 1 aromatic rings. The number of guanidine groups is 2. The molecule has 0 unspecified atom stereocenters. The summed E-state index contributed by atoms with van der Waals surface area (Å²) < 4.78 is 37.8. The Hall–Kier alpha value is -3.04. The third-order valence-electron chi connectivity index (χ3n) is 1.91. The monoisotopic (exact) mass is 316 g/mol. The number of nitrogens with one attached hydrogen (secondary N) is 1. The van der Waals surface area contributed by atoms with Gasteiger partial charge in [-0.05, 0) is 17.7 Å². The number of amides is 1. The molecule has 9 N–H and O–H groups in total. The normalized spacial score (nSPS) is 10.5. The Morgan fingerprint density at radius 1 is 1.14 bits per heavy atom. The molecule has 0 saturated carbocycles. The van der Waals surface area contributed by atoms with Gasteiger partial charge in [0.2, 0.25) is 0 Å². The first-order chi connectivity index (χ1) is 10.0. The van der Waals surface area contributed by atoms with Crippen LogP contribution in [0.4, 0.5) is 13.2 Å². The number of hydrogen-bond acceptors (Lipinski definition) is 2. The summed E-state index contributed by atoms with van der Waals surface area (Å²) in [5.74, 6) is -1.61. The number of aliphatic imine (C=N–C) groups is 1. The highest BCUT2D eigenvalue weighted by atomic mass is 19.4. The second kappa shape index (κ2) is 8.29. The summed E-state index contributed by atoms with van der Waals surface area (Å²) in [6.45, 7) is 0. The fourth-order valence-corrected chi connectivity index (χ4v) is 1.23. The van der Waals surface area contributed by atoms with E-state index in [1.165, 1.54) is 18.2 Å². The number of benzene rings is 1. The highest BCUT2D eigenvalue weighted by molar-refractivity contribution is 5.99. The molecule has 0 aromatic heterocycles. The van der Waals surface area contributed by atoms with Crippen molar-refractivity contribution in [2.24, 2.45) is 27.9 Å². The Bertz CT molecular complexity index is 587. The standard InChI is InChI=1S/C11H10F3N3O.CH5N3/c12-11(13,14)8-4-2-1-3-7(8)5-6-9(18)17-10(15)16;2-1(3)4/h1-6H,(H4,15,16,17,18);(H5,2,3,4). The molecule has 7 nitrogen and oxygen atoms in total. The van der Waals surface area contributed by atoms with Crippen LogP contribution in [0.25, 0.3) is 6.08 Å². The molecule has 120 valence electrons. The maximum Gasteiger partial charge on any atom is 0.416 e. The molecule has 0 aliphatic rings. The lowest BCUT2D eigenvalue weighted by molar-refractivity contribution is -0.137. The maximum atomic E-state index is 12.6. The van der Waals surface area contributed by atoms with Crippen molar-refractivity contribution >= 4 is 23.9 Å². The first kappa shape index (κ1) is 19.0. The van der Waals surface area contributed by atoms with E-state index in [2.05, 4.69) is 16.5 Å². The van der Waals surface area contributed by atoms with Crippen LogP contribution in [0.15, 0.2) is 35.3 Å². The summed E-state index contributed by atoms with van der Waals surface area (Å²) in [6, 6.07) is 4.85. The van der Waals surface area contributed by atoms with Gasteiger partial charge in [-0.3, -0.25) is 10.2 Å². The molecule has 10 heteroatoms. The van der Waals surface area contributed by atoms with Crippen LogP contribution in [-0.4, -0.2) is 17.8 Å². The van der Waals surface area contributed by atoms with E-state index < -0.39 is 23.6 Å². The average molecular weight is 316 g/mol. The van der Waals surface area contributed by atoms with Crippen LogP contribution in [0.1, 0.15) is 11.1 Å². The Kier molecular flexibility index (Phi) is 7.15. The summed E-state index contributed by atoms with van der Waals surface area (Å²) in [7, 11) is 0. The molecule has 0 radical (unpaired) electrons. The Labute approximate surface area is 124 Å². The van der Waals surface area contributed by atoms with Gasteiger partial charge >= 0.3 is 6.18 Å². The fourth-order valence-electron chi connectivity index (χ4n) is 1.23. The lowest BCUT2D eigenvalue weighted by atomic mass is 10.1. The van der Waals surface area contributed by atoms with E-state index in [-0.39, 0.29) is 11.5 Å². The molecule has 0 spiro atoms. The molecule has 22 heavy (non-hydrogen) atoms. The van der Waals surface area contributed by atoms with E-state index in [1.54, 1.807) is 0 Å². The molecule has 0 fully saturated rings. The van der Waals surface area contributed by atoms with Crippen molar-refractivity contribution in [2.45, 2.75) is 6.18 Å². The number of nitrogens with two attached hydrogens (primary N) is 4. The molecular weight excluding hydrogens is 301 g/mol. The van der Waals surface area contributed by atoms with Crippen molar-refractivity contribution in [1.29, 1.82) is 5.41 Å². The van der Waals surface area contributed by atoms with E-state index in [0.29, 0.717) is 0 Å². The van der Waals surface area contributed by atoms with Crippen LogP contribution < -0.4 is 22.9 Å². The molecule has 0 aliphatic heterocycles. The van der Waals surface area contributed by atoms with Gasteiger partial charge in [-0.1, -0.05) is 18.2 Å². The van der Waals surface area contributed by atoms with E-state index >= 15 is 0 Å². The van der Waals surface area contributed by atoms with E-state index in [1.807, 2.05) is 0 Å². The van der Waals surface area contributed by atoms with Gasteiger partial charge in [0.25, 0.3) is 5.91 Å². The van der Waals surface area contributed by atoms with Crippen LogP contribution in [0.2, 0.25) is 0 Å². The second-order valence-corrected chi connectivity index (χ2v) is 3.75. The van der Waals surface area contributed by atoms with Crippen LogP contribution in [-0.2, 0) is 11.0 Å². The maximum absolute atomic E-state index is 12.6. The number of carbonyl (C=O) groups is 1. The molecular formula is C12H15F3N6O. The summed E-state index contributed by atoms with van der Waals surface area (Å²) >= 11 is 0. The van der Waals surface area contributed by atoms with Gasteiger partial charge < -0.3 is 22.9 Å². The van der Waals surface area contributed by atoms with Gasteiger partial charge in [-0.25, -0.2) is 0 Å². The van der Waals surface area contributed by atoms with Gasteiger partial charge in [0.15, 0.2) is 11.9 Å². The molecule has 1 aromatic carbocycles. The number of rotatable bonds is 2. The Balaban J connectivity index is 0.000000980. The summed E-state index contributed by atoms with van der Waals surface area (Å²) in [5.41, 5.74) is 17.9. The van der Waals surface area contributed by atoms with E-state index in [0.717, 1.165) is 18.2 Å². The number of alkyl halides is 3. The molecule has 0 heterocycles. The fraction of sp³-hybridized carbons (Fsp3) is 0.0833. The minimum absolute atomic E-state index is 0.135. The SMILES string of the molecule is N=C(N)N.NC(N)=NC(=O)C=Cc1ccccc1C(F)(F)F. The predicted molar refractivity (Wildman–Crippen MR) is 77.4 cm³/mol. The van der Waals surface area contributed by atoms with Gasteiger partial charge in [0.1, 0.15) is 0 Å². The van der Waals surface area contributed by atoms with Crippen molar-refractivity contribution < 1.29 is 18.0 Å². The summed E-state index contributed by atoms with van der Waals surface area (Å²) in [5, 5.41) is 6.06. The molecule has 0 bridgehead atoms. The first-order valence-electron chi connectivity index (χ1n) is 5.61. The number of hydrogen-bond donors (Lipinski definition) is 5. The van der Waals surface area contributed by atoms with Gasteiger partial charge in [-0.2, -0.15) is 18.2 Å². The second-order valence-electron chi connectivity index (χ2n) is 3.75. The molecule has 0 saturated heterocycles. The van der Waals surface area contributed by atoms with E-state index in [9.17, 15) is 18.0 Å². The first-order valence-corrected chi connectivity index (χ1v) is 5.61. The number of nitrogens with zero attached hydrogens (tertiary/aromatic N) is 1. The molecule has 1 amide bonds. The van der Waals surface area contributed by atoms with Crippen LogP contribution in [0.5, 0.6) is 0 Å². The largest absolute Gasteiger partial charge is 0.416 e. The highest BCUT2D eigenvalue weighted by Gasteiger charge is 2.32. The zero-order chi connectivity index (χ0) is 17.3. The minimum Gasteiger partial charge on any atom is -0.370 e. The van der Waals surface area contributed by atoms with Crippen molar-refractivity contribution in [3.8, 4) is 0 Å². The van der Waals surface area contributed by atoms with Crippen molar-refractivity contribution in [3.05, 3.63) is 41.5 Å². The summed E-state index contributed by atoms with van der Waals surface area (Å²) in [6.07, 6.45) is -2.61.